The summed E-state index contributed by atoms with van der Waals surface area (Å²) in [6.07, 6.45) is 4.90. The Bertz CT molecular complexity index is 1100. The van der Waals surface area contributed by atoms with Gasteiger partial charge >= 0.3 is 12.0 Å². The summed E-state index contributed by atoms with van der Waals surface area (Å²) in [5.74, 6) is -1.79. The lowest BCUT2D eigenvalue weighted by Gasteiger charge is -2.22. The Kier molecular flexibility index (Phi) is 8.05. The monoisotopic (exact) mass is 473 g/mol. The molecule has 0 aromatic heterocycles. The molecule has 0 heterocycles. The smallest absolute Gasteiger partial charge is 0.340 e. The molecule has 3 rings (SSSR count). The number of sulfonamides is 1. The average molecular weight is 474 g/mol. The number of amides is 3. The highest BCUT2D eigenvalue weighted by molar-refractivity contribution is 7.92. The van der Waals surface area contributed by atoms with E-state index >= 15 is 0 Å². The van der Waals surface area contributed by atoms with Crippen LogP contribution in [-0.4, -0.2) is 46.0 Å². The number of carbonyl (C=O) groups excluding carboxylic acids is 3. The summed E-state index contributed by atoms with van der Waals surface area (Å²) in [6, 6.07) is 13.4. The van der Waals surface area contributed by atoms with Gasteiger partial charge < -0.3 is 10.1 Å². The Balaban J connectivity index is 1.62. The van der Waals surface area contributed by atoms with E-state index in [1.54, 1.807) is 30.3 Å². The maximum atomic E-state index is 13.1. The third-order valence-electron chi connectivity index (χ3n) is 5.39. The van der Waals surface area contributed by atoms with E-state index in [0.717, 1.165) is 36.4 Å². The number of nitrogens with zero attached hydrogens (tertiary/aromatic N) is 1. The standard InChI is InChI=1S/C23H27N3O6S/c1-26(18-12-6-3-7-13-18)33(30,31)20-15-9-8-14-19(20)22(28)32-16-21(27)25-23(29)24-17-10-4-2-5-11-17/h3,6-9,12-15,17H,2,4-5,10-11,16H2,1H3,(H2,24,25,27,29). The van der Waals surface area contributed by atoms with Gasteiger partial charge in [-0.05, 0) is 37.1 Å². The van der Waals surface area contributed by atoms with Gasteiger partial charge in [0.15, 0.2) is 6.61 Å². The number of benzene rings is 2. The predicted octanol–water partition coefficient (Wildman–Crippen LogP) is 2.83. The Morgan fingerprint density at radius 1 is 0.970 bits per heavy atom. The lowest BCUT2D eigenvalue weighted by atomic mass is 9.96. The molecule has 9 nitrogen and oxygen atoms in total. The number of rotatable bonds is 7. The lowest BCUT2D eigenvalue weighted by Crippen LogP contribution is -2.46. The molecule has 0 bridgehead atoms. The van der Waals surface area contributed by atoms with E-state index in [4.69, 9.17) is 4.74 Å². The topological polar surface area (TPSA) is 122 Å². The first-order valence-corrected chi connectivity index (χ1v) is 12.1. The van der Waals surface area contributed by atoms with Gasteiger partial charge in [0.1, 0.15) is 4.90 Å². The quantitative estimate of drug-likeness (QED) is 0.597. The molecule has 1 aliphatic carbocycles. The molecule has 2 aromatic rings. The van der Waals surface area contributed by atoms with Crippen molar-refractivity contribution in [2.24, 2.45) is 0 Å². The second-order valence-corrected chi connectivity index (χ2v) is 9.67. The van der Waals surface area contributed by atoms with Crippen LogP contribution in [0.4, 0.5) is 10.5 Å². The first-order chi connectivity index (χ1) is 15.8. The number of esters is 1. The molecule has 176 valence electrons. The van der Waals surface area contributed by atoms with Crippen molar-refractivity contribution in [3.8, 4) is 0 Å². The minimum Gasteiger partial charge on any atom is -0.452 e. The highest BCUT2D eigenvalue weighted by atomic mass is 32.2. The van der Waals surface area contributed by atoms with Crippen LogP contribution >= 0.6 is 0 Å². The number of ether oxygens (including phenoxy) is 1. The maximum Gasteiger partial charge on any atom is 0.340 e. The third kappa shape index (κ3) is 6.32. The van der Waals surface area contributed by atoms with Crippen molar-refractivity contribution in [2.75, 3.05) is 18.0 Å². The highest BCUT2D eigenvalue weighted by Crippen LogP contribution is 2.24. The number of urea groups is 1. The van der Waals surface area contributed by atoms with Crippen LogP contribution in [0.1, 0.15) is 42.5 Å². The Morgan fingerprint density at radius 3 is 2.30 bits per heavy atom. The van der Waals surface area contributed by atoms with E-state index in [-0.39, 0.29) is 16.5 Å². The molecular weight excluding hydrogens is 446 g/mol. The Hall–Kier alpha value is -3.40. The zero-order valence-corrected chi connectivity index (χ0v) is 19.1. The molecule has 33 heavy (non-hydrogen) atoms. The summed E-state index contributed by atoms with van der Waals surface area (Å²) in [5, 5.41) is 4.86. The van der Waals surface area contributed by atoms with Crippen LogP contribution in [0, 0.1) is 0 Å². The largest absolute Gasteiger partial charge is 0.452 e. The molecule has 10 heteroatoms. The predicted molar refractivity (Wildman–Crippen MR) is 122 cm³/mol. The molecule has 2 N–H and O–H groups in total. The van der Waals surface area contributed by atoms with Crippen molar-refractivity contribution in [1.82, 2.24) is 10.6 Å². The second kappa shape index (κ2) is 11.0. The van der Waals surface area contributed by atoms with Crippen LogP contribution in [0.3, 0.4) is 0 Å². The maximum absolute atomic E-state index is 13.1. The molecule has 0 atom stereocenters. The van der Waals surface area contributed by atoms with E-state index in [2.05, 4.69) is 10.6 Å². The van der Waals surface area contributed by atoms with Crippen molar-refractivity contribution >= 4 is 33.6 Å². The molecule has 0 radical (unpaired) electrons. The van der Waals surface area contributed by atoms with Crippen LogP contribution in [0.15, 0.2) is 59.5 Å². The number of carbonyl (C=O) groups is 3. The van der Waals surface area contributed by atoms with Gasteiger partial charge in [-0.15, -0.1) is 0 Å². The molecule has 0 unspecified atom stereocenters. The number of anilines is 1. The number of hydrogen-bond donors (Lipinski definition) is 2. The average Bonchev–Trinajstić information content (AvgIpc) is 2.83. The fraction of sp³-hybridized carbons (Fsp3) is 0.348. The third-order valence-corrected chi connectivity index (χ3v) is 7.24. The molecule has 0 spiro atoms. The van der Waals surface area contributed by atoms with Gasteiger partial charge in [-0.1, -0.05) is 49.6 Å². The van der Waals surface area contributed by atoms with Gasteiger partial charge in [-0.2, -0.15) is 0 Å². The van der Waals surface area contributed by atoms with E-state index in [1.807, 2.05) is 0 Å². The zero-order valence-electron chi connectivity index (χ0n) is 18.3. The van der Waals surface area contributed by atoms with Gasteiger partial charge in [0.2, 0.25) is 0 Å². The fourth-order valence-electron chi connectivity index (χ4n) is 3.62. The molecule has 1 fully saturated rings. The van der Waals surface area contributed by atoms with Crippen molar-refractivity contribution in [3.05, 3.63) is 60.2 Å². The van der Waals surface area contributed by atoms with Crippen LogP contribution in [-0.2, 0) is 19.6 Å². The minimum absolute atomic E-state index is 0.0211. The summed E-state index contributed by atoms with van der Waals surface area (Å²) < 4.78 is 32.3. The minimum atomic E-state index is -4.07. The molecule has 0 saturated heterocycles. The van der Waals surface area contributed by atoms with Crippen LogP contribution in [0.25, 0.3) is 0 Å². The Morgan fingerprint density at radius 2 is 1.61 bits per heavy atom. The molecule has 3 amide bonds. The molecule has 2 aromatic carbocycles. The number of imide groups is 1. The SMILES string of the molecule is CN(c1ccccc1)S(=O)(=O)c1ccccc1C(=O)OCC(=O)NC(=O)NC1CCCCC1. The van der Waals surface area contributed by atoms with Crippen molar-refractivity contribution in [3.63, 3.8) is 0 Å². The zero-order chi connectivity index (χ0) is 23.8. The van der Waals surface area contributed by atoms with E-state index < -0.39 is 34.5 Å². The summed E-state index contributed by atoms with van der Waals surface area (Å²) in [7, 11) is -2.69. The van der Waals surface area contributed by atoms with Gasteiger partial charge in [0.05, 0.1) is 11.3 Å². The van der Waals surface area contributed by atoms with E-state index in [9.17, 15) is 22.8 Å². The van der Waals surface area contributed by atoms with E-state index in [0.29, 0.717) is 5.69 Å². The van der Waals surface area contributed by atoms with Crippen LogP contribution in [0.5, 0.6) is 0 Å². The number of para-hydroxylation sites is 1. The summed E-state index contributed by atoms with van der Waals surface area (Å²) in [4.78, 5) is 36.3. The molecule has 1 saturated carbocycles. The lowest BCUT2D eigenvalue weighted by molar-refractivity contribution is -0.123. The number of hydrogen-bond acceptors (Lipinski definition) is 6. The van der Waals surface area contributed by atoms with Gasteiger partial charge in [-0.25, -0.2) is 18.0 Å². The molecule has 0 aliphatic heterocycles. The fourth-order valence-corrected chi connectivity index (χ4v) is 5.00. The normalized spacial score (nSPS) is 14.2. The summed E-state index contributed by atoms with van der Waals surface area (Å²) >= 11 is 0. The highest BCUT2D eigenvalue weighted by Gasteiger charge is 2.28. The second-order valence-electron chi connectivity index (χ2n) is 7.74. The van der Waals surface area contributed by atoms with Gasteiger partial charge in [-0.3, -0.25) is 14.4 Å². The van der Waals surface area contributed by atoms with Gasteiger partial charge in [0.25, 0.3) is 15.9 Å². The van der Waals surface area contributed by atoms with Crippen molar-refractivity contribution < 1.29 is 27.5 Å². The van der Waals surface area contributed by atoms with Crippen LogP contribution in [0.2, 0.25) is 0 Å². The van der Waals surface area contributed by atoms with Crippen molar-refractivity contribution in [1.29, 1.82) is 0 Å². The summed E-state index contributed by atoms with van der Waals surface area (Å²) in [5.41, 5.74) is 0.212. The molecular formula is C23H27N3O6S. The number of nitrogens with one attached hydrogen (secondary N) is 2. The first-order valence-electron chi connectivity index (χ1n) is 10.7. The van der Waals surface area contributed by atoms with Crippen LogP contribution < -0.4 is 14.9 Å². The Labute approximate surface area is 193 Å². The van der Waals surface area contributed by atoms with Crippen molar-refractivity contribution in [2.45, 2.75) is 43.0 Å². The van der Waals surface area contributed by atoms with Gasteiger partial charge in [0, 0.05) is 13.1 Å². The molecule has 1 aliphatic rings. The summed E-state index contributed by atoms with van der Waals surface area (Å²) in [6.45, 7) is -0.722. The first kappa shape index (κ1) is 24.2. The van der Waals surface area contributed by atoms with E-state index in [1.165, 1.54) is 31.3 Å².